The van der Waals surface area contributed by atoms with Crippen molar-refractivity contribution >= 4 is 8.32 Å². The Morgan fingerprint density at radius 3 is 2.55 bits per heavy atom. The van der Waals surface area contributed by atoms with E-state index < -0.39 is 8.32 Å². The Kier molecular flexibility index (Phi) is 7.97. The molecule has 0 saturated heterocycles. The zero-order valence-corrected chi connectivity index (χ0v) is 21.5. The number of hydrogen-bond acceptors (Lipinski definition) is 3. The van der Waals surface area contributed by atoms with Gasteiger partial charge in [-0.2, -0.15) is 0 Å². The Hall–Kier alpha value is -0.843. The van der Waals surface area contributed by atoms with Gasteiger partial charge in [0.05, 0.1) is 6.10 Å². The molecule has 2 aliphatic carbocycles. The van der Waals surface area contributed by atoms with Gasteiger partial charge >= 0.3 is 0 Å². The molecule has 0 aromatic heterocycles. The highest BCUT2D eigenvalue weighted by Crippen LogP contribution is 2.50. The average Bonchev–Trinajstić information content (AvgIpc) is 2.98. The van der Waals surface area contributed by atoms with Crippen LogP contribution in [0, 0.1) is 23.7 Å². The van der Waals surface area contributed by atoms with Crippen LogP contribution in [-0.2, 0) is 12.8 Å². The molecule has 176 valence electrons. The van der Waals surface area contributed by atoms with Crippen molar-refractivity contribution < 1.29 is 15.0 Å². The zero-order chi connectivity index (χ0) is 22.8. The Labute approximate surface area is 191 Å². The highest BCUT2D eigenvalue weighted by Gasteiger charge is 2.45. The van der Waals surface area contributed by atoms with Crippen molar-refractivity contribution in [1.29, 1.82) is 0 Å². The van der Waals surface area contributed by atoms with E-state index in [1.165, 1.54) is 31.2 Å². The van der Waals surface area contributed by atoms with Crippen molar-refractivity contribution in [3.63, 3.8) is 0 Å². The minimum absolute atomic E-state index is 0.0159. The third-order valence-corrected chi connectivity index (χ3v) is 12.5. The number of aliphatic hydroxyl groups is 1. The average molecular weight is 447 g/mol. The number of phenolic OH excluding ortho intramolecular Hbond substituents is 1. The molecular formula is C27H46O3Si. The molecule has 0 aliphatic heterocycles. The maximum absolute atomic E-state index is 11.0. The lowest BCUT2D eigenvalue weighted by atomic mass is 9.73. The van der Waals surface area contributed by atoms with Gasteiger partial charge in [0.1, 0.15) is 5.75 Å². The number of rotatable bonds is 10. The van der Waals surface area contributed by atoms with Crippen molar-refractivity contribution in [2.24, 2.45) is 23.7 Å². The molecule has 0 bridgehead atoms. The Morgan fingerprint density at radius 1 is 1.13 bits per heavy atom. The first-order valence-electron chi connectivity index (χ1n) is 12.7. The fraction of sp³-hybridized carbons (Fsp3) is 0.778. The first-order valence-corrected chi connectivity index (χ1v) is 15.7. The van der Waals surface area contributed by atoms with Crippen LogP contribution in [0.1, 0.15) is 83.3 Å². The highest BCUT2D eigenvalue weighted by molar-refractivity contribution is 6.72. The van der Waals surface area contributed by atoms with Crippen LogP contribution in [0.3, 0.4) is 0 Å². The van der Waals surface area contributed by atoms with Gasteiger partial charge in [0, 0.05) is 0 Å². The number of phenols is 1. The summed E-state index contributed by atoms with van der Waals surface area (Å²) in [7, 11) is -2.22. The van der Waals surface area contributed by atoms with Crippen LogP contribution in [0.2, 0.25) is 18.1 Å². The number of aliphatic hydroxyl groups excluding tert-OH is 1. The lowest BCUT2D eigenvalue weighted by Gasteiger charge is -2.38. The maximum Gasteiger partial charge on any atom is 0.188 e. The summed E-state index contributed by atoms with van der Waals surface area (Å²) in [6.45, 7) is 10.9. The largest absolute Gasteiger partial charge is 0.508 e. The van der Waals surface area contributed by atoms with Gasteiger partial charge < -0.3 is 15.0 Å². The van der Waals surface area contributed by atoms with E-state index in [1.54, 1.807) is 6.07 Å². The van der Waals surface area contributed by atoms with Crippen LogP contribution in [-0.4, -0.2) is 29.4 Å². The summed E-state index contributed by atoms with van der Waals surface area (Å²) in [5.41, 5.74) is 2.40. The molecule has 1 fully saturated rings. The Morgan fingerprint density at radius 2 is 1.87 bits per heavy atom. The van der Waals surface area contributed by atoms with Gasteiger partial charge in [0.25, 0.3) is 0 Å². The van der Waals surface area contributed by atoms with Gasteiger partial charge in [-0.25, -0.2) is 0 Å². The summed E-state index contributed by atoms with van der Waals surface area (Å²) in [6, 6.07) is 5.93. The monoisotopic (exact) mass is 446 g/mol. The van der Waals surface area contributed by atoms with E-state index in [4.69, 9.17) is 0 Å². The van der Waals surface area contributed by atoms with Gasteiger partial charge in [-0.3, -0.25) is 0 Å². The van der Waals surface area contributed by atoms with E-state index >= 15 is 0 Å². The smallest absolute Gasteiger partial charge is 0.188 e. The molecule has 3 N–H and O–H groups in total. The number of aromatic hydroxyl groups is 1. The quantitative estimate of drug-likeness (QED) is 0.286. The number of benzene rings is 1. The predicted octanol–water partition coefficient (Wildman–Crippen LogP) is 6.45. The van der Waals surface area contributed by atoms with E-state index in [2.05, 4.69) is 39.9 Å². The molecule has 1 aromatic carbocycles. The molecule has 5 atom stereocenters. The molecule has 0 amide bonds. The second-order valence-corrected chi connectivity index (χ2v) is 16.3. The summed E-state index contributed by atoms with van der Waals surface area (Å²) in [5.74, 6) is 2.48. The van der Waals surface area contributed by atoms with E-state index in [0.29, 0.717) is 29.4 Å². The van der Waals surface area contributed by atoms with E-state index in [9.17, 15) is 15.0 Å². The standard InChI is InChI=1S/C27H46O3Si/c1-6-7-8-10-19(18-27(2,3)31(4,5)30)13-14-22-23-15-20-11-9-12-25(28)24(20)16-21(23)17-26(22)29/h9,11-12,19,21-23,26,28-30H,6-8,10,13-18H2,1-5H3/t19?,21?,22-,23?,26-/m1/s1. The highest BCUT2D eigenvalue weighted by atomic mass is 28.4. The SMILES string of the molecule is CCCCCC(CC[C@@H]1C2Cc3cccc(O)c3CC2C[C@H]1O)CC(C)(C)[Si](C)(C)O. The molecule has 3 nitrogen and oxygen atoms in total. The van der Waals surface area contributed by atoms with Gasteiger partial charge in [-0.15, -0.1) is 0 Å². The first-order chi connectivity index (χ1) is 14.5. The molecule has 3 rings (SSSR count). The van der Waals surface area contributed by atoms with E-state index in [-0.39, 0.29) is 11.1 Å². The minimum atomic E-state index is -2.22. The van der Waals surface area contributed by atoms with Crippen LogP contribution in [0.15, 0.2) is 18.2 Å². The van der Waals surface area contributed by atoms with Crippen molar-refractivity contribution in [3.05, 3.63) is 29.3 Å². The van der Waals surface area contributed by atoms with Gasteiger partial charge in [0.15, 0.2) is 8.32 Å². The van der Waals surface area contributed by atoms with Crippen LogP contribution < -0.4 is 0 Å². The summed E-state index contributed by atoms with van der Waals surface area (Å²) in [4.78, 5) is 10.8. The molecular weight excluding hydrogens is 400 g/mol. The Balaban J connectivity index is 1.67. The first kappa shape index (κ1) is 24.8. The van der Waals surface area contributed by atoms with Crippen LogP contribution in [0.4, 0.5) is 0 Å². The molecule has 0 radical (unpaired) electrons. The second kappa shape index (κ2) is 9.97. The van der Waals surface area contributed by atoms with Gasteiger partial charge in [-0.05, 0) is 91.1 Å². The summed E-state index contributed by atoms with van der Waals surface area (Å²) in [6.07, 6.45) is 11.0. The van der Waals surface area contributed by atoms with Crippen LogP contribution in [0.5, 0.6) is 5.75 Å². The lowest BCUT2D eigenvalue weighted by molar-refractivity contribution is 0.104. The number of fused-ring (bicyclic) bond motifs is 2. The fourth-order valence-corrected chi connectivity index (χ4v) is 7.04. The molecule has 2 aliphatic rings. The second-order valence-electron chi connectivity index (χ2n) is 11.8. The maximum atomic E-state index is 11.0. The van der Waals surface area contributed by atoms with Crippen LogP contribution in [0.25, 0.3) is 0 Å². The van der Waals surface area contributed by atoms with E-state index in [0.717, 1.165) is 44.1 Å². The molecule has 0 spiro atoms. The molecule has 1 aromatic rings. The van der Waals surface area contributed by atoms with Crippen LogP contribution >= 0.6 is 0 Å². The van der Waals surface area contributed by atoms with Crippen molar-refractivity contribution in [3.8, 4) is 5.75 Å². The number of unbranched alkanes of at least 4 members (excludes halogenated alkanes) is 2. The minimum Gasteiger partial charge on any atom is -0.508 e. The summed E-state index contributed by atoms with van der Waals surface area (Å²) < 4.78 is 0. The zero-order valence-electron chi connectivity index (χ0n) is 20.5. The van der Waals surface area contributed by atoms with Crippen molar-refractivity contribution in [1.82, 2.24) is 0 Å². The third kappa shape index (κ3) is 5.75. The predicted molar refractivity (Wildman–Crippen MR) is 132 cm³/mol. The lowest BCUT2D eigenvalue weighted by Crippen LogP contribution is -2.40. The fourth-order valence-electron chi connectivity index (χ4n) is 6.25. The summed E-state index contributed by atoms with van der Waals surface area (Å²) in [5, 5.41) is 21.3. The molecule has 0 heterocycles. The van der Waals surface area contributed by atoms with Crippen molar-refractivity contribution in [2.75, 3.05) is 0 Å². The molecule has 1 saturated carbocycles. The molecule has 4 heteroatoms. The summed E-state index contributed by atoms with van der Waals surface area (Å²) >= 11 is 0. The number of hydrogen-bond donors (Lipinski definition) is 3. The Bertz CT molecular complexity index is 724. The normalized spacial score (nSPS) is 27.1. The van der Waals surface area contributed by atoms with Crippen molar-refractivity contribution in [2.45, 2.75) is 109 Å². The van der Waals surface area contributed by atoms with E-state index in [1.807, 2.05) is 6.07 Å². The van der Waals surface area contributed by atoms with Gasteiger partial charge in [-0.1, -0.05) is 65.0 Å². The molecule has 31 heavy (non-hydrogen) atoms. The van der Waals surface area contributed by atoms with Gasteiger partial charge in [0.2, 0.25) is 0 Å². The molecule has 3 unspecified atom stereocenters. The third-order valence-electron chi connectivity index (χ3n) is 8.94. The topological polar surface area (TPSA) is 60.7 Å².